The van der Waals surface area contributed by atoms with Crippen LogP contribution in [0.4, 0.5) is 21.7 Å². The highest BCUT2D eigenvalue weighted by molar-refractivity contribution is 6.06. The molecule has 0 aliphatic carbocycles. The van der Waals surface area contributed by atoms with Crippen LogP contribution in [0.15, 0.2) is 49.1 Å². The highest BCUT2D eigenvalue weighted by Gasteiger charge is 2.29. The Bertz CT molecular complexity index is 1590. The van der Waals surface area contributed by atoms with Crippen LogP contribution in [0.3, 0.4) is 0 Å². The molecule has 3 aromatic heterocycles. The number of carbonyl (C=O) groups excluding carboxylic acids is 2. The third kappa shape index (κ3) is 7.13. The molecule has 0 radical (unpaired) electrons. The van der Waals surface area contributed by atoms with Crippen molar-refractivity contribution in [2.75, 3.05) is 64.6 Å². The molecule has 12 nitrogen and oxygen atoms in total. The molecule has 1 fully saturated rings. The van der Waals surface area contributed by atoms with Gasteiger partial charge in [-0.15, -0.1) is 0 Å². The second kappa shape index (κ2) is 13.7. The van der Waals surface area contributed by atoms with Crippen molar-refractivity contribution in [2.24, 2.45) is 0 Å². The second-order valence-corrected chi connectivity index (χ2v) is 10.5. The Morgan fingerprint density at radius 3 is 2.74 bits per heavy atom. The van der Waals surface area contributed by atoms with Crippen molar-refractivity contribution in [3.8, 4) is 11.3 Å². The zero-order valence-electron chi connectivity index (χ0n) is 24.5. The highest BCUT2D eigenvalue weighted by atomic mass is 19.1. The van der Waals surface area contributed by atoms with E-state index in [0.29, 0.717) is 40.7 Å². The van der Waals surface area contributed by atoms with Crippen LogP contribution in [-0.2, 0) is 20.7 Å². The Balaban J connectivity index is 1.36. The smallest absolute Gasteiger partial charge is 0.244 e. The van der Waals surface area contributed by atoms with Crippen molar-refractivity contribution in [1.29, 1.82) is 0 Å². The number of aryl methyl sites for hydroxylation is 1. The fourth-order valence-electron chi connectivity index (χ4n) is 5.13. The lowest BCUT2D eigenvalue weighted by Crippen LogP contribution is -2.54. The number of nitrogens with one attached hydrogen (secondary N) is 4. The first-order valence-corrected chi connectivity index (χ1v) is 14.1. The number of aromatic nitrogens is 4. The number of ether oxygens (including phenoxy) is 1. The zero-order valence-corrected chi connectivity index (χ0v) is 24.5. The molecule has 1 saturated heterocycles. The third-order valence-electron chi connectivity index (χ3n) is 7.55. The summed E-state index contributed by atoms with van der Waals surface area (Å²) in [7, 11) is 5.26. The summed E-state index contributed by atoms with van der Waals surface area (Å²) in [6, 6.07) is 6.88. The number of hydrogen-bond donors (Lipinski definition) is 4. The first-order chi connectivity index (χ1) is 20.9. The average molecular weight is 590 g/mol. The molecule has 0 unspecified atom stereocenters. The van der Waals surface area contributed by atoms with Crippen molar-refractivity contribution in [1.82, 2.24) is 35.1 Å². The number of carbonyl (C=O) groups is 2. The van der Waals surface area contributed by atoms with E-state index in [-0.39, 0.29) is 30.1 Å². The number of methoxy groups -OCH3 is 1. The van der Waals surface area contributed by atoms with Gasteiger partial charge in [0.1, 0.15) is 11.7 Å². The Morgan fingerprint density at radius 2 is 1.98 bits per heavy atom. The Hall–Kier alpha value is -4.46. The largest absolute Gasteiger partial charge is 0.383 e. The number of H-pyrrole nitrogens is 1. The predicted octanol–water partition coefficient (Wildman–Crippen LogP) is 2.78. The molecule has 13 heteroatoms. The Kier molecular flexibility index (Phi) is 9.55. The minimum absolute atomic E-state index is 0.0591. The van der Waals surface area contributed by atoms with E-state index in [0.717, 1.165) is 37.9 Å². The number of piperazine rings is 1. The first-order valence-electron chi connectivity index (χ1n) is 14.1. The highest BCUT2D eigenvalue weighted by Crippen LogP contribution is 2.33. The number of amides is 2. The van der Waals surface area contributed by atoms with Crippen LogP contribution in [0.1, 0.15) is 12.0 Å². The summed E-state index contributed by atoms with van der Waals surface area (Å²) in [5.74, 6) is -0.624. The summed E-state index contributed by atoms with van der Waals surface area (Å²) in [5.41, 5.74) is 3.34. The summed E-state index contributed by atoms with van der Waals surface area (Å²) in [6.45, 7) is 3.58. The van der Waals surface area contributed by atoms with Crippen molar-refractivity contribution in [2.45, 2.75) is 18.9 Å². The van der Waals surface area contributed by atoms with Crippen molar-refractivity contribution < 1.29 is 18.7 Å². The fraction of sp³-hybridized carbons (Fsp3) is 0.367. The van der Waals surface area contributed by atoms with E-state index >= 15 is 4.39 Å². The van der Waals surface area contributed by atoms with Gasteiger partial charge in [0.2, 0.25) is 17.8 Å². The average Bonchev–Trinajstić information content (AvgIpc) is 3.45. The van der Waals surface area contributed by atoms with Gasteiger partial charge in [0.05, 0.1) is 35.9 Å². The second-order valence-electron chi connectivity index (χ2n) is 10.5. The van der Waals surface area contributed by atoms with Gasteiger partial charge in [-0.2, -0.15) is 0 Å². The Labute approximate surface area is 249 Å². The maximum atomic E-state index is 15.1. The van der Waals surface area contributed by atoms with Crippen molar-refractivity contribution in [3.05, 3.63) is 60.4 Å². The number of pyridine rings is 1. The first kappa shape index (κ1) is 30.0. The monoisotopic (exact) mass is 589 g/mol. The zero-order chi connectivity index (χ0) is 30.3. The molecule has 0 spiro atoms. The van der Waals surface area contributed by atoms with Crippen LogP contribution < -0.4 is 16.0 Å². The van der Waals surface area contributed by atoms with Gasteiger partial charge in [-0.25, -0.2) is 14.4 Å². The van der Waals surface area contributed by atoms with Gasteiger partial charge in [0.15, 0.2) is 5.82 Å². The van der Waals surface area contributed by atoms with E-state index in [1.165, 1.54) is 0 Å². The quantitative estimate of drug-likeness (QED) is 0.208. The normalized spacial score (nSPS) is 14.9. The molecule has 0 saturated carbocycles. The molecule has 2 amide bonds. The summed E-state index contributed by atoms with van der Waals surface area (Å²) in [4.78, 5) is 45.4. The molecule has 1 aromatic carbocycles. The third-order valence-corrected chi connectivity index (χ3v) is 7.55. The van der Waals surface area contributed by atoms with Crippen molar-refractivity contribution >= 4 is 40.0 Å². The number of halogens is 1. The van der Waals surface area contributed by atoms with E-state index in [1.807, 2.05) is 24.3 Å². The van der Waals surface area contributed by atoms with Crippen molar-refractivity contribution in [3.63, 3.8) is 0 Å². The molecule has 1 aliphatic rings. The number of para-hydroxylation sites is 1. The van der Waals surface area contributed by atoms with Crippen LogP contribution in [0.5, 0.6) is 0 Å². The van der Waals surface area contributed by atoms with Gasteiger partial charge in [-0.05, 0) is 31.2 Å². The topological polar surface area (TPSA) is 140 Å². The lowest BCUT2D eigenvalue weighted by Gasteiger charge is -2.36. The van der Waals surface area contributed by atoms with E-state index in [9.17, 15) is 9.59 Å². The number of hydrogen-bond acceptors (Lipinski definition) is 9. The van der Waals surface area contributed by atoms with E-state index in [1.54, 1.807) is 32.7 Å². The molecule has 4 heterocycles. The summed E-state index contributed by atoms with van der Waals surface area (Å²) >= 11 is 0. The molecule has 4 N–H and O–H groups in total. The molecule has 0 bridgehead atoms. The maximum Gasteiger partial charge on any atom is 0.244 e. The fourth-order valence-corrected chi connectivity index (χ4v) is 5.13. The van der Waals surface area contributed by atoms with Crippen LogP contribution >= 0.6 is 0 Å². The molecular weight excluding hydrogens is 553 g/mol. The van der Waals surface area contributed by atoms with Gasteiger partial charge in [-0.3, -0.25) is 19.5 Å². The minimum Gasteiger partial charge on any atom is -0.383 e. The minimum atomic E-state index is -0.589. The molecule has 1 atom stereocenters. The van der Waals surface area contributed by atoms with Gasteiger partial charge >= 0.3 is 0 Å². The van der Waals surface area contributed by atoms with E-state index in [2.05, 4.69) is 52.7 Å². The molecule has 4 aromatic rings. The van der Waals surface area contributed by atoms with E-state index in [4.69, 9.17) is 4.74 Å². The summed E-state index contributed by atoms with van der Waals surface area (Å²) in [6.07, 6.45) is 6.94. The maximum absolute atomic E-state index is 15.1. The van der Waals surface area contributed by atoms with Gasteiger partial charge in [0, 0.05) is 70.1 Å². The lowest BCUT2D eigenvalue weighted by atomic mass is 10.1. The predicted molar refractivity (Wildman–Crippen MR) is 163 cm³/mol. The number of benzene rings is 1. The number of likely N-dealkylation sites (N-methyl/N-ethyl adjacent to an activating group) is 1. The van der Waals surface area contributed by atoms with Crippen LogP contribution in [0.2, 0.25) is 0 Å². The molecule has 226 valence electrons. The SMILES string of the molecule is CNC(=O)CCc1cncc(Nc2ncc(F)c(-c3c[nH]c4c(NC(=O)[C@@H](COC)N5CCN(C)CC5)cccc34)n2)c1. The van der Waals surface area contributed by atoms with E-state index < -0.39 is 11.9 Å². The van der Waals surface area contributed by atoms with Gasteiger partial charge in [0.25, 0.3) is 0 Å². The summed E-state index contributed by atoms with van der Waals surface area (Å²) < 4.78 is 20.5. The standard InChI is InChI=1S/C30H36FN9O3/c1-32-26(41)8-7-19-13-20(15-33-14-19)36-30-35-17-23(31)27(38-30)22-16-34-28-21(22)5-4-6-24(28)37-29(42)25(18-43-3)40-11-9-39(2)10-12-40/h4-6,13-17,25,34H,7-12,18H2,1-3H3,(H,32,41)(H,37,42)(H,35,36,38)/t25-/m1/s1. The molecule has 5 rings (SSSR count). The lowest BCUT2D eigenvalue weighted by molar-refractivity contribution is -0.124. The number of rotatable bonds is 11. The number of aromatic amines is 1. The van der Waals surface area contributed by atoms with Gasteiger partial charge < -0.3 is 30.6 Å². The van der Waals surface area contributed by atoms with Crippen LogP contribution in [0, 0.1) is 5.82 Å². The summed E-state index contributed by atoms with van der Waals surface area (Å²) in [5, 5.41) is 9.43. The van der Waals surface area contributed by atoms with Gasteiger partial charge in [-0.1, -0.05) is 12.1 Å². The number of fused-ring (bicyclic) bond motifs is 1. The number of anilines is 3. The number of nitrogens with zero attached hydrogens (tertiary/aromatic N) is 5. The molecular formula is C30H36FN9O3. The molecule has 1 aliphatic heterocycles. The Morgan fingerprint density at radius 1 is 1.16 bits per heavy atom. The molecule has 43 heavy (non-hydrogen) atoms. The van der Waals surface area contributed by atoms with Crippen LogP contribution in [0.25, 0.3) is 22.2 Å². The van der Waals surface area contributed by atoms with Crippen LogP contribution in [-0.4, -0.2) is 102 Å².